The zero-order chi connectivity index (χ0) is 12.0. The molecule has 1 fully saturated rings. The number of piperazine rings is 1. The molecule has 0 saturated carbocycles. The van der Waals surface area contributed by atoms with E-state index in [4.69, 9.17) is 0 Å². The summed E-state index contributed by atoms with van der Waals surface area (Å²) in [5.41, 5.74) is 0. The fourth-order valence-corrected chi connectivity index (χ4v) is 2.13. The van der Waals surface area contributed by atoms with Gasteiger partial charge in [0.15, 0.2) is 0 Å². The fourth-order valence-electron chi connectivity index (χ4n) is 2.13. The number of carbonyl (C=O) groups excluding carboxylic acids is 1. The summed E-state index contributed by atoms with van der Waals surface area (Å²) in [4.78, 5) is 16.3. The summed E-state index contributed by atoms with van der Waals surface area (Å²) in [6.07, 6.45) is 2.95. The molecule has 1 heterocycles. The monoisotopic (exact) mass is 226 g/mol. The summed E-state index contributed by atoms with van der Waals surface area (Å²) in [6.45, 7) is 11.7. The maximum atomic E-state index is 11.9. The largest absolute Gasteiger partial charge is 0.340 e. The van der Waals surface area contributed by atoms with Crippen LogP contribution in [0.4, 0.5) is 0 Å². The van der Waals surface area contributed by atoms with Gasteiger partial charge in [-0.3, -0.25) is 4.79 Å². The Kier molecular flexibility index (Phi) is 5.81. The molecular weight excluding hydrogens is 200 g/mol. The number of rotatable bonds is 5. The van der Waals surface area contributed by atoms with Crippen molar-refractivity contribution in [1.29, 1.82) is 0 Å². The van der Waals surface area contributed by atoms with E-state index in [9.17, 15) is 4.79 Å². The molecule has 0 aromatic heterocycles. The number of likely N-dealkylation sites (N-methyl/N-ethyl adjacent to an activating group) is 1. The molecule has 1 amide bonds. The minimum Gasteiger partial charge on any atom is -0.340 e. The maximum Gasteiger partial charge on any atom is 0.222 e. The molecule has 0 radical (unpaired) electrons. The second-order valence-corrected chi connectivity index (χ2v) is 5.10. The third-order valence-corrected chi connectivity index (χ3v) is 3.34. The van der Waals surface area contributed by atoms with Crippen LogP contribution >= 0.6 is 0 Å². The normalized spacial score (nSPS) is 18.1. The molecular formula is C13H26N2O. The SMILES string of the molecule is CCN1CCN(C(=O)CCCC(C)C)CC1. The Balaban J connectivity index is 2.18. The van der Waals surface area contributed by atoms with E-state index in [1.165, 1.54) is 6.42 Å². The minimum atomic E-state index is 0.358. The molecule has 0 N–H and O–H groups in total. The van der Waals surface area contributed by atoms with Crippen molar-refractivity contribution in [2.45, 2.75) is 40.0 Å². The number of carbonyl (C=O) groups is 1. The third-order valence-electron chi connectivity index (χ3n) is 3.34. The molecule has 3 nitrogen and oxygen atoms in total. The highest BCUT2D eigenvalue weighted by Gasteiger charge is 2.19. The highest BCUT2D eigenvalue weighted by Crippen LogP contribution is 2.09. The van der Waals surface area contributed by atoms with Crippen LogP contribution in [0.15, 0.2) is 0 Å². The minimum absolute atomic E-state index is 0.358. The van der Waals surface area contributed by atoms with E-state index in [-0.39, 0.29) is 0 Å². The molecule has 0 aromatic rings. The Hall–Kier alpha value is -0.570. The predicted octanol–water partition coefficient (Wildman–Crippen LogP) is 1.98. The summed E-state index contributed by atoms with van der Waals surface area (Å²) in [6, 6.07) is 0. The van der Waals surface area contributed by atoms with Crippen LogP contribution in [-0.2, 0) is 4.79 Å². The lowest BCUT2D eigenvalue weighted by Crippen LogP contribution is -2.48. The van der Waals surface area contributed by atoms with Gasteiger partial charge in [0.2, 0.25) is 5.91 Å². The third kappa shape index (κ3) is 4.52. The highest BCUT2D eigenvalue weighted by molar-refractivity contribution is 5.76. The van der Waals surface area contributed by atoms with E-state index in [0.717, 1.165) is 45.6 Å². The summed E-state index contributed by atoms with van der Waals surface area (Å²) in [7, 11) is 0. The first-order chi connectivity index (χ1) is 7.63. The summed E-state index contributed by atoms with van der Waals surface area (Å²) in [5.74, 6) is 1.07. The molecule has 0 bridgehead atoms. The Bertz CT molecular complexity index is 208. The molecule has 3 heteroatoms. The van der Waals surface area contributed by atoms with E-state index < -0.39 is 0 Å². The fraction of sp³-hybridized carbons (Fsp3) is 0.923. The van der Waals surface area contributed by atoms with Gasteiger partial charge in [0.25, 0.3) is 0 Å². The first kappa shape index (κ1) is 13.5. The van der Waals surface area contributed by atoms with Crippen molar-refractivity contribution in [3.05, 3.63) is 0 Å². The van der Waals surface area contributed by atoms with Gasteiger partial charge >= 0.3 is 0 Å². The lowest BCUT2D eigenvalue weighted by Gasteiger charge is -2.34. The van der Waals surface area contributed by atoms with Crippen molar-refractivity contribution >= 4 is 5.91 Å². The molecule has 0 aromatic carbocycles. The lowest BCUT2D eigenvalue weighted by atomic mass is 10.1. The van der Waals surface area contributed by atoms with Crippen molar-refractivity contribution in [2.24, 2.45) is 5.92 Å². The van der Waals surface area contributed by atoms with Crippen molar-refractivity contribution in [1.82, 2.24) is 9.80 Å². The molecule has 1 aliphatic rings. The standard InChI is InChI=1S/C13H26N2O/c1-4-14-8-10-15(11-9-14)13(16)7-5-6-12(2)3/h12H,4-11H2,1-3H3. The number of hydrogen-bond donors (Lipinski definition) is 0. The zero-order valence-corrected chi connectivity index (χ0v) is 11.0. The van der Waals surface area contributed by atoms with Gasteiger partial charge in [0.05, 0.1) is 0 Å². The molecule has 1 aliphatic heterocycles. The van der Waals surface area contributed by atoms with Crippen LogP contribution < -0.4 is 0 Å². The number of hydrogen-bond acceptors (Lipinski definition) is 2. The Morgan fingerprint density at radius 3 is 2.31 bits per heavy atom. The average Bonchev–Trinajstić information content (AvgIpc) is 2.28. The van der Waals surface area contributed by atoms with E-state index in [2.05, 4.69) is 25.7 Å². The van der Waals surface area contributed by atoms with Crippen molar-refractivity contribution < 1.29 is 4.79 Å². The topological polar surface area (TPSA) is 23.6 Å². The first-order valence-corrected chi connectivity index (χ1v) is 6.63. The van der Waals surface area contributed by atoms with Crippen LogP contribution in [-0.4, -0.2) is 48.4 Å². The Morgan fingerprint density at radius 1 is 1.19 bits per heavy atom. The van der Waals surface area contributed by atoms with Gasteiger partial charge in [0.1, 0.15) is 0 Å². The van der Waals surface area contributed by atoms with Gasteiger partial charge in [-0.05, 0) is 18.9 Å². The summed E-state index contributed by atoms with van der Waals surface area (Å²) >= 11 is 0. The zero-order valence-electron chi connectivity index (χ0n) is 11.0. The molecule has 94 valence electrons. The second-order valence-electron chi connectivity index (χ2n) is 5.10. The molecule has 16 heavy (non-hydrogen) atoms. The van der Waals surface area contributed by atoms with Crippen LogP contribution in [0, 0.1) is 5.92 Å². The van der Waals surface area contributed by atoms with E-state index in [1.54, 1.807) is 0 Å². The molecule has 1 rings (SSSR count). The molecule has 0 spiro atoms. The van der Waals surface area contributed by atoms with Gasteiger partial charge in [-0.15, -0.1) is 0 Å². The predicted molar refractivity (Wildman–Crippen MR) is 67.4 cm³/mol. The quantitative estimate of drug-likeness (QED) is 0.715. The van der Waals surface area contributed by atoms with Gasteiger partial charge in [-0.25, -0.2) is 0 Å². The van der Waals surface area contributed by atoms with Crippen LogP contribution in [0.25, 0.3) is 0 Å². The molecule has 1 saturated heterocycles. The number of amides is 1. The van der Waals surface area contributed by atoms with Crippen molar-refractivity contribution in [3.63, 3.8) is 0 Å². The summed E-state index contributed by atoms with van der Waals surface area (Å²) in [5, 5.41) is 0. The average molecular weight is 226 g/mol. The Morgan fingerprint density at radius 2 is 1.81 bits per heavy atom. The van der Waals surface area contributed by atoms with Gasteiger partial charge < -0.3 is 9.80 Å². The molecule has 0 unspecified atom stereocenters. The van der Waals surface area contributed by atoms with Crippen LogP contribution in [0.5, 0.6) is 0 Å². The lowest BCUT2D eigenvalue weighted by molar-refractivity contribution is -0.133. The highest BCUT2D eigenvalue weighted by atomic mass is 16.2. The van der Waals surface area contributed by atoms with Crippen LogP contribution in [0.1, 0.15) is 40.0 Å². The van der Waals surface area contributed by atoms with E-state index in [0.29, 0.717) is 11.8 Å². The van der Waals surface area contributed by atoms with Crippen molar-refractivity contribution in [3.8, 4) is 0 Å². The van der Waals surface area contributed by atoms with E-state index in [1.807, 2.05) is 4.90 Å². The molecule has 0 atom stereocenters. The van der Waals surface area contributed by atoms with Crippen molar-refractivity contribution in [2.75, 3.05) is 32.7 Å². The maximum absolute atomic E-state index is 11.9. The summed E-state index contributed by atoms with van der Waals surface area (Å²) < 4.78 is 0. The Labute approximate surface area is 99.8 Å². The van der Waals surface area contributed by atoms with Crippen LogP contribution in [0.3, 0.4) is 0 Å². The van der Waals surface area contributed by atoms with E-state index >= 15 is 0 Å². The smallest absolute Gasteiger partial charge is 0.222 e. The second kappa shape index (κ2) is 6.89. The molecule has 0 aliphatic carbocycles. The van der Waals surface area contributed by atoms with Gasteiger partial charge in [-0.2, -0.15) is 0 Å². The number of nitrogens with zero attached hydrogens (tertiary/aromatic N) is 2. The first-order valence-electron chi connectivity index (χ1n) is 6.63. The van der Waals surface area contributed by atoms with Crippen LogP contribution in [0.2, 0.25) is 0 Å². The van der Waals surface area contributed by atoms with Gasteiger partial charge in [-0.1, -0.05) is 27.2 Å². The van der Waals surface area contributed by atoms with Gasteiger partial charge in [0, 0.05) is 32.6 Å².